The molecule has 0 aliphatic heterocycles. The van der Waals surface area contributed by atoms with Gasteiger partial charge in [0.05, 0.1) is 0 Å². The van der Waals surface area contributed by atoms with Gasteiger partial charge in [-0.1, -0.05) is 206 Å². The van der Waals surface area contributed by atoms with E-state index < -0.39 is 12.1 Å². The SMILES string of the molecule is CCCCCCCCCCCCCCCCCCCCCCCCCCCCCCCCCC(O)C(=O)O. The molecular weight excluding hydrogens is 468 g/mol. The molecule has 0 spiro atoms. The number of hydrogen-bond donors (Lipinski definition) is 2. The van der Waals surface area contributed by atoms with Gasteiger partial charge in [0.25, 0.3) is 0 Å². The quantitative estimate of drug-likeness (QED) is 0.0817. The fourth-order valence-corrected chi connectivity index (χ4v) is 5.66. The highest BCUT2D eigenvalue weighted by Gasteiger charge is 2.11. The second-order valence-electron chi connectivity index (χ2n) is 12.2. The molecule has 38 heavy (non-hydrogen) atoms. The second-order valence-corrected chi connectivity index (χ2v) is 12.2. The van der Waals surface area contributed by atoms with E-state index in [0.717, 1.165) is 12.8 Å². The summed E-state index contributed by atoms with van der Waals surface area (Å²) in [6, 6.07) is 0. The molecule has 0 fully saturated rings. The Balaban J connectivity index is 3.05. The van der Waals surface area contributed by atoms with Crippen molar-refractivity contribution in [2.75, 3.05) is 0 Å². The Labute approximate surface area is 239 Å². The molecule has 0 bridgehead atoms. The van der Waals surface area contributed by atoms with Gasteiger partial charge in [-0.05, 0) is 6.42 Å². The van der Waals surface area contributed by atoms with E-state index in [1.54, 1.807) is 0 Å². The van der Waals surface area contributed by atoms with Crippen LogP contribution in [-0.2, 0) is 4.79 Å². The lowest BCUT2D eigenvalue weighted by atomic mass is 10.0. The Bertz CT molecular complexity index is 450. The van der Waals surface area contributed by atoms with Gasteiger partial charge in [-0.3, -0.25) is 0 Å². The summed E-state index contributed by atoms with van der Waals surface area (Å²) in [6.07, 6.45) is 42.4. The maximum absolute atomic E-state index is 10.5. The van der Waals surface area contributed by atoms with Crippen LogP contribution in [0.4, 0.5) is 0 Å². The summed E-state index contributed by atoms with van der Waals surface area (Å²) in [6.45, 7) is 2.30. The number of carboxylic acids is 1. The molecule has 3 heteroatoms. The minimum absolute atomic E-state index is 0.398. The molecule has 1 unspecified atom stereocenters. The van der Waals surface area contributed by atoms with Gasteiger partial charge in [-0.15, -0.1) is 0 Å². The summed E-state index contributed by atoms with van der Waals surface area (Å²) in [5.41, 5.74) is 0. The zero-order chi connectivity index (χ0) is 27.8. The van der Waals surface area contributed by atoms with Crippen LogP contribution >= 0.6 is 0 Å². The molecule has 0 aromatic rings. The van der Waals surface area contributed by atoms with Gasteiger partial charge in [0.2, 0.25) is 0 Å². The zero-order valence-corrected chi connectivity index (χ0v) is 26.0. The fraction of sp³-hybridized carbons (Fsp3) is 0.971. The summed E-state index contributed by atoms with van der Waals surface area (Å²) in [7, 11) is 0. The van der Waals surface area contributed by atoms with Gasteiger partial charge in [-0.25, -0.2) is 4.79 Å². The topological polar surface area (TPSA) is 57.5 Å². The summed E-state index contributed by atoms with van der Waals surface area (Å²) in [5, 5.41) is 17.9. The fourth-order valence-electron chi connectivity index (χ4n) is 5.66. The number of aliphatic hydroxyl groups is 1. The van der Waals surface area contributed by atoms with Gasteiger partial charge in [0.15, 0.2) is 6.10 Å². The number of aliphatic hydroxyl groups excluding tert-OH is 1. The van der Waals surface area contributed by atoms with Crippen LogP contribution in [0.2, 0.25) is 0 Å². The first-order valence-corrected chi connectivity index (χ1v) is 17.6. The van der Waals surface area contributed by atoms with Crippen LogP contribution in [-0.4, -0.2) is 22.3 Å². The molecule has 228 valence electrons. The summed E-state index contributed by atoms with van der Waals surface area (Å²) in [4.78, 5) is 10.5. The van der Waals surface area contributed by atoms with Crippen LogP contribution in [0.5, 0.6) is 0 Å². The van der Waals surface area contributed by atoms with E-state index in [0.29, 0.717) is 6.42 Å². The highest BCUT2D eigenvalue weighted by atomic mass is 16.4. The molecule has 0 amide bonds. The summed E-state index contributed by atoms with van der Waals surface area (Å²) < 4.78 is 0. The Kier molecular flexibility index (Phi) is 32.2. The Morgan fingerprint density at radius 2 is 0.579 bits per heavy atom. The minimum atomic E-state index is -1.17. The largest absolute Gasteiger partial charge is 0.479 e. The molecule has 0 aliphatic rings. The number of carbonyl (C=O) groups is 1. The number of carboxylic acid groups (broad SMARTS) is 1. The summed E-state index contributed by atoms with van der Waals surface area (Å²) in [5.74, 6) is -1.09. The number of hydrogen-bond acceptors (Lipinski definition) is 2. The van der Waals surface area contributed by atoms with Crippen molar-refractivity contribution in [1.82, 2.24) is 0 Å². The van der Waals surface area contributed by atoms with Crippen LogP contribution in [0.1, 0.15) is 212 Å². The zero-order valence-electron chi connectivity index (χ0n) is 26.0. The standard InChI is InChI=1S/C35H70O3/c1-2-3-4-5-6-7-8-9-10-11-12-13-14-15-16-17-18-19-20-21-22-23-24-25-26-27-28-29-30-31-32-33-34(36)35(37)38/h34,36H,2-33H2,1H3,(H,37,38). The van der Waals surface area contributed by atoms with Crippen molar-refractivity contribution >= 4 is 5.97 Å². The van der Waals surface area contributed by atoms with Crippen molar-refractivity contribution in [3.05, 3.63) is 0 Å². The molecule has 3 nitrogen and oxygen atoms in total. The predicted octanol–water partition coefficient (Wildman–Crippen LogP) is 11.9. The summed E-state index contributed by atoms with van der Waals surface area (Å²) >= 11 is 0. The third kappa shape index (κ3) is 31.6. The molecule has 0 aromatic heterocycles. The van der Waals surface area contributed by atoms with Crippen molar-refractivity contribution in [1.29, 1.82) is 0 Å². The Morgan fingerprint density at radius 1 is 0.395 bits per heavy atom. The molecule has 0 aromatic carbocycles. The van der Waals surface area contributed by atoms with Crippen molar-refractivity contribution < 1.29 is 15.0 Å². The molecule has 0 rings (SSSR count). The van der Waals surface area contributed by atoms with E-state index >= 15 is 0 Å². The first-order chi connectivity index (χ1) is 18.7. The molecular formula is C35H70O3. The van der Waals surface area contributed by atoms with E-state index in [2.05, 4.69) is 6.92 Å². The van der Waals surface area contributed by atoms with Crippen LogP contribution in [0.15, 0.2) is 0 Å². The number of unbranched alkanes of at least 4 members (excludes halogenated alkanes) is 30. The van der Waals surface area contributed by atoms with Crippen molar-refractivity contribution in [3.63, 3.8) is 0 Å². The number of aliphatic carboxylic acids is 1. The molecule has 0 saturated heterocycles. The third-order valence-corrected chi connectivity index (χ3v) is 8.37. The third-order valence-electron chi connectivity index (χ3n) is 8.37. The van der Waals surface area contributed by atoms with E-state index in [4.69, 9.17) is 5.11 Å². The average Bonchev–Trinajstić information content (AvgIpc) is 2.91. The highest BCUT2D eigenvalue weighted by Crippen LogP contribution is 2.17. The van der Waals surface area contributed by atoms with Crippen molar-refractivity contribution in [2.45, 2.75) is 218 Å². The van der Waals surface area contributed by atoms with Gasteiger partial charge < -0.3 is 10.2 Å². The molecule has 0 heterocycles. The monoisotopic (exact) mass is 539 g/mol. The first-order valence-electron chi connectivity index (χ1n) is 17.6. The predicted molar refractivity (Wildman–Crippen MR) is 167 cm³/mol. The van der Waals surface area contributed by atoms with E-state index in [1.807, 2.05) is 0 Å². The van der Waals surface area contributed by atoms with Crippen LogP contribution in [0.3, 0.4) is 0 Å². The Morgan fingerprint density at radius 3 is 0.763 bits per heavy atom. The molecule has 0 radical (unpaired) electrons. The highest BCUT2D eigenvalue weighted by molar-refractivity contribution is 5.71. The van der Waals surface area contributed by atoms with E-state index in [1.165, 1.54) is 186 Å². The smallest absolute Gasteiger partial charge is 0.332 e. The second kappa shape index (κ2) is 32.6. The van der Waals surface area contributed by atoms with E-state index in [9.17, 15) is 9.90 Å². The molecule has 0 aliphatic carbocycles. The molecule has 0 saturated carbocycles. The van der Waals surface area contributed by atoms with Gasteiger partial charge in [-0.2, -0.15) is 0 Å². The first kappa shape index (κ1) is 37.4. The Hall–Kier alpha value is -0.570. The molecule has 2 N–H and O–H groups in total. The lowest BCUT2D eigenvalue weighted by Crippen LogP contribution is -2.18. The van der Waals surface area contributed by atoms with Crippen molar-refractivity contribution in [3.8, 4) is 0 Å². The van der Waals surface area contributed by atoms with Crippen LogP contribution in [0.25, 0.3) is 0 Å². The van der Waals surface area contributed by atoms with Crippen LogP contribution < -0.4 is 0 Å². The van der Waals surface area contributed by atoms with Gasteiger partial charge >= 0.3 is 5.97 Å². The lowest BCUT2D eigenvalue weighted by molar-refractivity contribution is -0.146. The van der Waals surface area contributed by atoms with Gasteiger partial charge in [0, 0.05) is 0 Å². The number of rotatable bonds is 33. The maximum atomic E-state index is 10.5. The maximum Gasteiger partial charge on any atom is 0.332 e. The van der Waals surface area contributed by atoms with Crippen molar-refractivity contribution in [2.24, 2.45) is 0 Å². The minimum Gasteiger partial charge on any atom is -0.479 e. The van der Waals surface area contributed by atoms with Gasteiger partial charge in [0.1, 0.15) is 0 Å². The molecule has 1 atom stereocenters. The van der Waals surface area contributed by atoms with E-state index in [-0.39, 0.29) is 0 Å². The average molecular weight is 539 g/mol. The lowest BCUT2D eigenvalue weighted by Gasteiger charge is -2.05. The van der Waals surface area contributed by atoms with Crippen LogP contribution in [0, 0.1) is 0 Å². The normalized spacial score (nSPS) is 12.3.